The number of aryl methyl sites for hydroxylation is 2. The van der Waals surface area contributed by atoms with Crippen LogP contribution in [-0.4, -0.2) is 21.9 Å². The molecule has 25 heavy (non-hydrogen) atoms. The monoisotopic (exact) mass is 384 g/mol. The molecule has 4 N–H and O–H groups in total. The van der Waals surface area contributed by atoms with Gasteiger partial charge in [0.1, 0.15) is 0 Å². The predicted octanol–water partition coefficient (Wildman–Crippen LogP) is -0.250. The number of carbonyl (C=O) groups is 1. The normalized spacial score (nSPS) is 13.0. The van der Waals surface area contributed by atoms with E-state index in [4.69, 9.17) is 4.42 Å². The van der Waals surface area contributed by atoms with Crippen molar-refractivity contribution in [1.82, 2.24) is 10.2 Å². The van der Waals surface area contributed by atoms with Crippen LogP contribution in [0.5, 0.6) is 0 Å². The van der Waals surface area contributed by atoms with Gasteiger partial charge < -0.3 is 27.9 Å². The van der Waals surface area contributed by atoms with Crippen molar-refractivity contribution in [2.45, 2.75) is 45.4 Å². The Balaban J connectivity index is 0.00000312. The summed E-state index contributed by atoms with van der Waals surface area (Å²) in [5, 5.41) is 11.4. The van der Waals surface area contributed by atoms with Crippen molar-refractivity contribution in [2.75, 3.05) is 11.1 Å². The number of hydrogen-bond acceptors (Lipinski definition) is 5. The fourth-order valence-electron chi connectivity index (χ4n) is 2.27. The molecule has 2 aromatic rings. The van der Waals surface area contributed by atoms with E-state index in [1.54, 1.807) is 0 Å². The molecule has 0 aliphatic heterocycles. The van der Waals surface area contributed by atoms with Crippen molar-refractivity contribution in [1.29, 1.82) is 0 Å². The fourth-order valence-corrected chi connectivity index (χ4v) is 2.84. The maximum absolute atomic E-state index is 12.2. The van der Waals surface area contributed by atoms with E-state index >= 15 is 0 Å². The number of amides is 1. The summed E-state index contributed by atoms with van der Waals surface area (Å²) in [7, 11) is 0. The van der Waals surface area contributed by atoms with Crippen molar-refractivity contribution >= 4 is 23.4 Å². The number of nitrogens with zero attached hydrogens (tertiary/aromatic N) is 2. The number of hydrogen-bond donors (Lipinski definition) is 2. The summed E-state index contributed by atoms with van der Waals surface area (Å²) in [4.78, 5) is 12.2. The average Bonchev–Trinajstić information content (AvgIpc) is 3.04. The molecule has 8 heteroatoms. The average molecular weight is 385 g/mol. The van der Waals surface area contributed by atoms with Crippen molar-refractivity contribution in [3.63, 3.8) is 0 Å². The van der Waals surface area contributed by atoms with Crippen molar-refractivity contribution in [3.05, 3.63) is 35.2 Å². The Labute approximate surface area is 158 Å². The SMILES string of the molecule is CCC(C)[C@H]([NH3+])c1nnc(SCC(=O)Nc2c(C)cccc2C)o1.[Cl-]. The summed E-state index contributed by atoms with van der Waals surface area (Å²) in [6, 6.07) is 5.90. The Morgan fingerprint density at radius 1 is 1.32 bits per heavy atom. The number of thioether (sulfide) groups is 1. The van der Waals surface area contributed by atoms with Crippen LogP contribution in [0.15, 0.2) is 27.8 Å². The molecule has 0 saturated heterocycles. The van der Waals surface area contributed by atoms with Crippen LogP contribution in [0, 0.1) is 19.8 Å². The van der Waals surface area contributed by atoms with E-state index in [9.17, 15) is 4.79 Å². The van der Waals surface area contributed by atoms with Gasteiger partial charge in [-0.05, 0) is 31.4 Å². The van der Waals surface area contributed by atoms with Gasteiger partial charge in [-0.15, -0.1) is 10.2 Å². The lowest BCUT2D eigenvalue weighted by molar-refractivity contribution is -0.444. The Bertz CT molecular complexity index is 687. The molecule has 0 spiro atoms. The molecule has 2 rings (SSSR count). The highest BCUT2D eigenvalue weighted by Gasteiger charge is 2.23. The molecule has 0 aliphatic carbocycles. The van der Waals surface area contributed by atoms with Gasteiger partial charge in [-0.3, -0.25) is 4.79 Å². The predicted molar refractivity (Wildman–Crippen MR) is 94.7 cm³/mol. The number of quaternary nitrogens is 1. The topological polar surface area (TPSA) is 95.7 Å². The van der Waals surface area contributed by atoms with Gasteiger partial charge in [-0.2, -0.15) is 0 Å². The van der Waals surface area contributed by atoms with Crippen LogP contribution in [0.25, 0.3) is 0 Å². The fraction of sp³-hybridized carbons (Fsp3) is 0.471. The third-order valence-corrected chi connectivity index (χ3v) is 4.96. The molecule has 0 aliphatic rings. The Hall–Kier alpha value is -1.57. The molecule has 1 aromatic heterocycles. The number of benzene rings is 1. The summed E-state index contributed by atoms with van der Waals surface area (Å²) in [5.74, 6) is 1.03. The van der Waals surface area contributed by atoms with Gasteiger partial charge in [0.2, 0.25) is 5.91 Å². The van der Waals surface area contributed by atoms with Crippen molar-refractivity contribution in [2.24, 2.45) is 5.92 Å². The molecule has 0 bridgehead atoms. The molecule has 0 saturated carbocycles. The second-order valence-corrected chi connectivity index (χ2v) is 6.93. The van der Waals surface area contributed by atoms with Crippen molar-refractivity contribution < 1.29 is 27.4 Å². The molecule has 1 heterocycles. The van der Waals surface area contributed by atoms with Gasteiger partial charge in [-0.25, -0.2) is 0 Å². The largest absolute Gasteiger partial charge is 1.00 e. The number of halogens is 1. The smallest absolute Gasteiger partial charge is 0.277 e. The summed E-state index contributed by atoms with van der Waals surface area (Å²) in [5.41, 5.74) is 7.03. The van der Waals surface area contributed by atoms with Crippen LogP contribution in [0.1, 0.15) is 43.3 Å². The number of para-hydroxylation sites is 1. The summed E-state index contributed by atoms with van der Waals surface area (Å²) < 4.78 is 5.61. The molecule has 6 nitrogen and oxygen atoms in total. The number of nitrogens with one attached hydrogen (secondary N) is 1. The first-order valence-electron chi connectivity index (χ1n) is 8.07. The molecular formula is C17H25ClN4O2S. The second-order valence-electron chi connectivity index (χ2n) is 6.00. The molecule has 0 fully saturated rings. The third-order valence-electron chi connectivity index (χ3n) is 4.14. The standard InChI is InChI=1S/C17H24N4O2S.ClH/c1-5-10(2)14(18)16-20-21-17(23-16)24-9-13(22)19-15-11(3)7-6-8-12(15)4;/h6-8,10,14H,5,9,18H2,1-4H3,(H,19,22);1H/t10?,14-;/m0./s1. The van der Waals surface area contributed by atoms with E-state index in [0.717, 1.165) is 23.2 Å². The lowest BCUT2D eigenvalue weighted by Gasteiger charge is -2.10. The Morgan fingerprint density at radius 3 is 2.56 bits per heavy atom. The first kappa shape index (κ1) is 21.5. The molecule has 1 unspecified atom stereocenters. The lowest BCUT2D eigenvalue weighted by Crippen LogP contribution is -3.00. The highest BCUT2D eigenvalue weighted by atomic mass is 35.5. The van der Waals surface area contributed by atoms with Gasteiger partial charge >= 0.3 is 0 Å². The van der Waals surface area contributed by atoms with E-state index < -0.39 is 0 Å². The summed E-state index contributed by atoms with van der Waals surface area (Å²) >= 11 is 1.24. The first-order valence-corrected chi connectivity index (χ1v) is 9.06. The minimum Gasteiger partial charge on any atom is -1.00 e. The lowest BCUT2D eigenvalue weighted by atomic mass is 10.0. The molecule has 0 radical (unpaired) electrons. The van der Waals surface area contributed by atoms with Crippen LogP contribution in [0.2, 0.25) is 0 Å². The van der Waals surface area contributed by atoms with Crippen LogP contribution in [0.3, 0.4) is 0 Å². The molecule has 138 valence electrons. The maximum atomic E-state index is 12.2. The molecule has 1 amide bonds. The van der Waals surface area contributed by atoms with Crippen LogP contribution < -0.4 is 23.5 Å². The third kappa shape index (κ3) is 5.73. The molecule has 2 atom stereocenters. The number of rotatable bonds is 7. The van der Waals surface area contributed by atoms with Gasteiger partial charge in [0, 0.05) is 11.6 Å². The van der Waals surface area contributed by atoms with E-state index in [1.807, 2.05) is 32.0 Å². The van der Waals surface area contributed by atoms with Gasteiger partial charge in [0.15, 0.2) is 6.04 Å². The maximum Gasteiger partial charge on any atom is 0.277 e. The van der Waals surface area contributed by atoms with Gasteiger partial charge in [-0.1, -0.05) is 43.8 Å². The zero-order valence-corrected chi connectivity index (χ0v) is 16.6. The minimum atomic E-state index is -0.0924. The van der Waals surface area contributed by atoms with Crippen LogP contribution in [-0.2, 0) is 4.79 Å². The number of anilines is 1. The Kier molecular flexibility index (Phi) is 8.41. The van der Waals surface area contributed by atoms with E-state index in [2.05, 4.69) is 35.1 Å². The summed E-state index contributed by atoms with van der Waals surface area (Å²) in [6.07, 6.45) is 0.997. The zero-order valence-electron chi connectivity index (χ0n) is 15.0. The van der Waals surface area contributed by atoms with E-state index in [0.29, 0.717) is 17.0 Å². The highest BCUT2D eigenvalue weighted by Crippen LogP contribution is 2.24. The van der Waals surface area contributed by atoms with E-state index in [-0.39, 0.29) is 30.1 Å². The highest BCUT2D eigenvalue weighted by molar-refractivity contribution is 7.99. The molecular weight excluding hydrogens is 360 g/mol. The van der Waals surface area contributed by atoms with Crippen LogP contribution in [0.4, 0.5) is 5.69 Å². The Morgan fingerprint density at radius 2 is 1.96 bits per heavy atom. The summed E-state index contributed by atoms with van der Waals surface area (Å²) in [6.45, 7) is 8.16. The van der Waals surface area contributed by atoms with Crippen molar-refractivity contribution in [3.8, 4) is 0 Å². The van der Waals surface area contributed by atoms with Gasteiger partial charge in [0.05, 0.1) is 5.75 Å². The first-order chi connectivity index (χ1) is 11.4. The van der Waals surface area contributed by atoms with E-state index in [1.165, 1.54) is 11.8 Å². The minimum absolute atomic E-state index is 0. The zero-order chi connectivity index (χ0) is 17.7. The number of carbonyl (C=O) groups excluding carboxylic acids is 1. The second kappa shape index (κ2) is 9.79. The number of aromatic nitrogens is 2. The molecule has 1 aromatic carbocycles. The van der Waals surface area contributed by atoms with Crippen LogP contribution >= 0.6 is 11.8 Å². The quantitative estimate of drug-likeness (QED) is 0.642. The van der Waals surface area contributed by atoms with Gasteiger partial charge in [0.25, 0.3) is 11.1 Å².